The lowest BCUT2D eigenvalue weighted by Gasteiger charge is -2.31. The molecule has 1 amide bonds. The van der Waals surface area contributed by atoms with E-state index in [4.69, 9.17) is 21.1 Å². The van der Waals surface area contributed by atoms with Gasteiger partial charge in [0.25, 0.3) is 5.91 Å². The first kappa shape index (κ1) is 11.6. The molecule has 2 aliphatic heterocycles. The van der Waals surface area contributed by atoms with Crippen molar-refractivity contribution in [1.29, 1.82) is 0 Å². The lowest BCUT2D eigenvalue weighted by atomic mass is 10.1. The molecule has 0 unspecified atom stereocenters. The second kappa shape index (κ2) is 4.66. The van der Waals surface area contributed by atoms with Crippen LogP contribution in [0.2, 0.25) is 5.02 Å². The summed E-state index contributed by atoms with van der Waals surface area (Å²) in [6.45, 7) is 3.14. The summed E-state index contributed by atoms with van der Waals surface area (Å²) in [6.07, 6.45) is 0. The highest BCUT2D eigenvalue weighted by atomic mass is 35.5. The number of nitrogens with zero attached hydrogens (tertiary/aromatic N) is 1. The van der Waals surface area contributed by atoms with E-state index in [1.807, 2.05) is 6.07 Å². The minimum absolute atomic E-state index is 0.147. The third kappa shape index (κ3) is 1.89. The molecule has 2 heterocycles. The molecule has 5 nitrogen and oxygen atoms in total. The topological polar surface area (TPSA) is 50.8 Å². The van der Waals surface area contributed by atoms with Gasteiger partial charge in [0.1, 0.15) is 5.02 Å². The van der Waals surface area contributed by atoms with Crippen LogP contribution in [0.4, 0.5) is 5.69 Å². The van der Waals surface area contributed by atoms with Crippen LogP contribution in [-0.4, -0.2) is 38.9 Å². The van der Waals surface area contributed by atoms with Gasteiger partial charge < -0.3 is 19.7 Å². The van der Waals surface area contributed by atoms with Crippen molar-refractivity contribution in [3.8, 4) is 5.75 Å². The molecule has 96 valence electrons. The molecule has 0 spiro atoms. The predicted octanol–water partition coefficient (Wildman–Crippen LogP) is 1.26. The second-order valence-corrected chi connectivity index (χ2v) is 4.55. The zero-order valence-electron chi connectivity index (χ0n) is 9.74. The average molecular weight is 269 g/mol. The first-order valence-corrected chi connectivity index (χ1v) is 6.21. The number of fused-ring (bicyclic) bond motifs is 1. The van der Waals surface area contributed by atoms with Gasteiger partial charge in [0, 0.05) is 13.1 Å². The van der Waals surface area contributed by atoms with E-state index in [9.17, 15) is 4.79 Å². The lowest BCUT2D eigenvalue weighted by Crippen LogP contribution is -2.37. The highest BCUT2D eigenvalue weighted by Gasteiger charge is 2.24. The maximum absolute atomic E-state index is 11.6. The van der Waals surface area contributed by atoms with E-state index in [2.05, 4.69) is 10.2 Å². The van der Waals surface area contributed by atoms with Crippen LogP contribution in [0.1, 0.15) is 10.4 Å². The number of benzene rings is 1. The Bertz CT molecular complexity index is 486. The van der Waals surface area contributed by atoms with Gasteiger partial charge >= 0.3 is 0 Å². The van der Waals surface area contributed by atoms with Gasteiger partial charge in [0.05, 0.1) is 24.5 Å². The number of nitrogens with one attached hydrogen (secondary N) is 1. The van der Waals surface area contributed by atoms with E-state index in [0.29, 0.717) is 29.5 Å². The molecule has 1 fully saturated rings. The number of morpholine rings is 1. The van der Waals surface area contributed by atoms with Gasteiger partial charge in [-0.25, -0.2) is 0 Å². The van der Waals surface area contributed by atoms with Crippen LogP contribution >= 0.6 is 11.6 Å². The van der Waals surface area contributed by atoms with Crippen molar-refractivity contribution in [2.75, 3.05) is 37.9 Å². The Kier molecular flexibility index (Phi) is 3.01. The highest BCUT2D eigenvalue weighted by Crippen LogP contribution is 2.38. The molecule has 1 aromatic rings. The van der Waals surface area contributed by atoms with E-state index < -0.39 is 0 Å². The summed E-state index contributed by atoms with van der Waals surface area (Å²) in [5, 5.41) is 3.11. The Balaban J connectivity index is 1.99. The molecule has 0 radical (unpaired) electrons. The Hall–Kier alpha value is -1.46. The third-order valence-electron chi connectivity index (χ3n) is 3.12. The number of carbonyl (C=O) groups is 1. The molecular formula is C12H13ClN2O3. The Morgan fingerprint density at radius 1 is 1.28 bits per heavy atom. The van der Waals surface area contributed by atoms with Crippen molar-refractivity contribution in [3.05, 3.63) is 22.7 Å². The number of halogens is 1. The van der Waals surface area contributed by atoms with Crippen LogP contribution in [0, 0.1) is 0 Å². The first-order valence-electron chi connectivity index (χ1n) is 5.83. The van der Waals surface area contributed by atoms with Crippen LogP contribution in [0.3, 0.4) is 0 Å². The number of rotatable bonds is 1. The fourth-order valence-corrected chi connectivity index (χ4v) is 2.52. The van der Waals surface area contributed by atoms with E-state index in [1.165, 1.54) is 0 Å². The molecule has 0 bridgehead atoms. The van der Waals surface area contributed by atoms with Crippen LogP contribution < -0.4 is 15.0 Å². The highest BCUT2D eigenvalue weighted by molar-refractivity contribution is 6.35. The molecule has 3 rings (SSSR count). The molecule has 18 heavy (non-hydrogen) atoms. The molecule has 0 atom stereocenters. The van der Waals surface area contributed by atoms with Crippen LogP contribution in [0.15, 0.2) is 12.1 Å². The minimum Gasteiger partial charge on any atom is -0.471 e. The molecule has 6 heteroatoms. The molecule has 0 saturated carbocycles. The number of hydrogen-bond donors (Lipinski definition) is 1. The molecule has 0 aliphatic carbocycles. The van der Waals surface area contributed by atoms with Crippen molar-refractivity contribution >= 4 is 23.2 Å². The average Bonchev–Trinajstić information content (AvgIpc) is 2.41. The summed E-state index contributed by atoms with van der Waals surface area (Å²) in [6, 6.07) is 3.61. The quantitative estimate of drug-likeness (QED) is 0.833. The van der Waals surface area contributed by atoms with Crippen molar-refractivity contribution in [2.45, 2.75) is 0 Å². The third-order valence-corrected chi connectivity index (χ3v) is 3.49. The standard InChI is InChI=1S/C12H13ClN2O3/c13-10-9(15-3-5-17-6-4-15)2-1-8-11(10)18-7-14-12(8)16/h1-2H,3-7H2,(H,14,16). The van der Waals surface area contributed by atoms with Crippen molar-refractivity contribution in [2.24, 2.45) is 0 Å². The summed E-state index contributed by atoms with van der Waals surface area (Å²) in [5.74, 6) is 0.330. The number of ether oxygens (including phenoxy) is 2. The van der Waals surface area contributed by atoms with Gasteiger partial charge in [-0.3, -0.25) is 4.79 Å². The van der Waals surface area contributed by atoms with Crippen LogP contribution in [0.25, 0.3) is 0 Å². The zero-order chi connectivity index (χ0) is 12.5. The van der Waals surface area contributed by atoms with Crippen molar-refractivity contribution in [3.63, 3.8) is 0 Å². The summed E-state index contributed by atoms with van der Waals surface area (Å²) in [7, 11) is 0. The Morgan fingerprint density at radius 3 is 2.83 bits per heavy atom. The maximum Gasteiger partial charge on any atom is 0.257 e. The first-order chi connectivity index (χ1) is 8.77. The number of anilines is 1. The zero-order valence-corrected chi connectivity index (χ0v) is 10.5. The van der Waals surface area contributed by atoms with E-state index >= 15 is 0 Å². The van der Waals surface area contributed by atoms with Crippen molar-refractivity contribution in [1.82, 2.24) is 5.32 Å². The van der Waals surface area contributed by atoms with Gasteiger partial charge in [0.2, 0.25) is 0 Å². The molecule has 1 N–H and O–H groups in total. The fourth-order valence-electron chi connectivity index (χ4n) is 2.18. The largest absolute Gasteiger partial charge is 0.471 e. The number of carbonyl (C=O) groups excluding carboxylic acids is 1. The van der Waals surface area contributed by atoms with E-state index in [-0.39, 0.29) is 12.6 Å². The summed E-state index contributed by atoms with van der Waals surface area (Å²) in [4.78, 5) is 13.8. The van der Waals surface area contributed by atoms with Gasteiger partial charge in [-0.15, -0.1) is 0 Å². The van der Waals surface area contributed by atoms with Gasteiger partial charge in [-0.05, 0) is 12.1 Å². The SMILES string of the molecule is O=C1NCOc2c1ccc(N1CCOCC1)c2Cl. The molecular weight excluding hydrogens is 256 g/mol. The van der Waals surface area contributed by atoms with Gasteiger partial charge in [-0.1, -0.05) is 11.6 Å². The number of amides is 1. The van der Waals surface area contributed by atoms with E-state index in [0.717, 1.165) is 18.8 Å². The van der Waals surface area contributed by atoms with Crippen molar-refractivity contribution < 1.29 is 14.3 Å². The lowest BCUT2D eigenvalue weighted by molar-refractivity contribution is 0.0883. The summed E-state index contributed by atoms with van der Waals surface area (Å²) >= 11 is 6.34. The molecule has 2 aliphatic rings. The molecule has 0 aromatic heterocycles. The molecule has 1 saturated heterocycles. The minimum atomic E-state index is -0.147. The number of hydrogen-bond acceptors (Lipinski definition) is 4. The van der Waals surface area contributed by atoms with E-state index in [1.54, 1.807) is 6.07 Å². The fraction of sp³-hybridized carbons (Fsp3) is 0.417. The van der Waals surface area contributed by atoms with Gasteiger partial charge in [-0.2, -0.15) is 0 Å². The normalized spacial score (nSPS) is 18.9. The van der Waals surface area contributed by atoms with Crippen LogP contribution in [-0.2, 0) is 4.74 Å². The molecule has 1 aromatic carbocycles. The van der Waals surface area contributed by atoms with Gasteiger partial charge in [0.15, 0.2) is 12.5 Å². The smallest absolute Gasteiger partial charge is 0.257 e. The Morgan fingerprint density at radius 2 is 2.06 bits per heavy atom. The predicted molar refractivity (Wildman–Crippen MR) is 67.4 cm³/mol. The second-order valence-electron chi connectivity index (χ2n) is 4.17. The summed E-state index contributed by atoms with van der Waals surface area (Å²) < 4.78 is 10.7. The summed E-state index contributed by atoms with van der Waals surface area (Å²) in [5.41, 5.74) is 1.39. The Labute approximate surface area is 110 Å². The maximum atomic E-state index is 11.6. The monoisotopic (exact) mass is 268 g/mol. The van der Waals surface area contributed by atoms with Crippen LogP contribution in [0.5, 0.6) is 5.75 Å².